The van der Waals surface area contributed by atoms with Gasteiger partial charge in [-0.15, -0.1) is 43.6 Å². The van der Waals surface area contributed by atoms with Crippen LogP contribution in [0.1, 0.15) is 54.9 Å². The smallest absolute Gasteiger partial charge is 0.325 e. The number of nitrogens with zero attached hydrogens (tertiary/aromatic N) is 15. The average molecular weight is 1510 g/mol. The second-order valence-corrected chi connectivity index (χ2v) is 22.1. The summed E-state index contributed by atoms with van der Waals surface area (Å²) in [6, 6.07) is 13.0. The Morgan fingerprint density at radius 1 is 0.612 bits per heavy atom. The van der Waals surface area contributed by atoms with E-state index in [-0.39, 0.29) is 51.8 Å². The van der Waals surface area contributed by atoms with Crippen molar-refractivity contribution in [2.75, 3.05) is 196 Å². The molecule has 36 nitrogen and oxygen atoms in total. The first-order chi connectivity index (χ1) is 52.1. The van der Waals surface area contributed by atoms with E-state index in [0.29, 0.717) is 155 Å². The van der Waals surface area contributed by atoms with Crippen LogP contribution in [0, 0.1) is 11.5 Å². The van der Waals surface area contributed by atoms with Crippen molar-refractivity contribution in [3.05, 3.63) is 77.7 Å². The molecule has 8 N–H and O–H groups in total. The van der Waals surface area contributed by atoms with Crippen LogP contribution < -0.4 is 52.0 Å². The van der Waals surface area contributed by atoms with E-state index in [0.717, 1.165) is 39.0 Å². The van der Waals surface area contributed by atoms with Crippen molar-refractivity contribution in [1.82, 2.24) is 85.9 Å². The molecule has 8 amide bonds. The molecule has 3 aliphatic heterocycles. The zero-order chi connectivity index (χ0) is 80.9. The van der Waals surface area contributed by atoms with Gasteiger partial charge in [0, 0.05) is 175 Å². The number of rotatable bonds is 31. The molecule has 3 aliphatic rings. The monoisotopic (exact) mass is 1510 g/mol. The number of nitriles is 1. The molecule has 4 aromatic heterocycles. The Morgan fingerprint density at radius 2 is 1.10 bits per heavy atom. The van der Waals surface area contributed by atoms with Crippen molar-refractivity contribution in [3.63, 3.8) is 0 Å². The molecular formula is C64H95Cl3N22O14. The molecule has 3 saturated heterocycles. The number of hydrogen-bond acceptors (Lipinski definition) is 26. The number of amides is 8. The number of aryl methyl sites for hydroxylation is 2. The fraction of sp³-hybridized carbons (Fsp3) is 0.516. The molecular weight excluding hydrogens is 1410 g/mol. The highest BCUT2D eigenvalue weighted by molar-refractivity contribution is 6.29. The number of nitrogens with one attached hydrogen (secondary N) is 6. The molecule has 39 heteroatoms. The molecule has 0 aliphatic carbocycles. The Balaban J connectivity index is 0.000000376. The first-order valence-electron chi connectivity index (χ1n) is 34.7. The average Bonchev–Trinajstić information content (AvgIpc) is 1.76. The van der Waals surface area contributed by atoms with Gasteiger partial charge in [-0.1, -0.05) is 23.7 Å². The van der Waals surface area contributed by atoms with Crippen LogP contribution >= 0.6 is 34.8 Å². The van der Waals surface area contributed by atoms with Gasteiger partial charge in [0.25, 0.3) is 18.1 Å². The van der Waals surface area contributed by atoms with Crippen molar-refractivity contribution in [1.29, 1.82) is 5.26 Å². The van der Waals surface area contributed by atoms with Gasteiger partial charge in [-0.05, 0) is 37.1 Å². The van der Waals surface area contributed by atoms with E-state index < -0.39 is 25.8 Å². The molecule has 9 rings (SSSR count). The van der Waals surface area contributed by atoms with Crippen molar-refractivity contribution < 1.29 is 74.9 Å². The number of hydrogen-bond donors (Lipinski definition) is 7. The van der Waals surface area contributed by atoms with Crippen LogP contribution in [0.15, 0.2) is 61.2 Å². The Morgan fingerprint density at radius 3 is 1.50 bits per heavy atom. The highest BCUT2D eigenvalue weighted by Gasteiger charge is 2.32. The number of para-hydroxylation sites is 2. The fourth-order valence-corrected chi connectivity index (χ4v) is 9.22. The summed E-state index contributed by atoms with van der Waals surface area (Å²) >= 11 is 16.4. The Hall–Kier alpha value is -9.58. The number of Topliss-reactive ketones (excluding diaryl/α,β-unsaturated/α-hetero) is 1. The molecule has 2 aromatic carbocycles. The van der Waals surface area contributed by atoms with Gasteiger partial charge in [0.05, 0.1) is 80.4 Å². The van der Waals surface area contributed by atoms with E-state index in [1.54, 1.807) is 123 Å². The van der Waals surface area contributed by atoms with E-state index in [9.17, 15) is 28.8 Å². The van der Waals surface area contributed by atoms with E-state index in [2.05, 4.69) is 71.3 Å². The Labute approximate surface area is 622 Å². The maximum Gasteiger partial charge on any atom is 0.325 e. The van der Waals surface area contributed by atoms with Crippen LogP contribution in [0.2, 0.25) is 5.15 Å². The Kier molecular flexibility index (Phi) is 38.2. The lowest BCUT2D eigenvalue weighted by molar-refractivity contribution is -0.119. The molecule has 0 saturated carbocycles. The summed E-state index contributed by atoms with van der Waals surface area (Å²) in [5.74, 6) is 1.19. The molecule has 103 heavy (non-hydrogen) atoms. The molecule has 566 valence electrons. The van der Waals surface area contributed by atoms with Crippen molar-refractivity contribution in [2.24, 2.45) is 19.8 Å². The van der Waals surface area contributed by atoms with Gasteiger partial charge in [-0.25, -0.2) is 24.4 Å². The summed E-state index contributed by atoms with van der Waals surface area (Å²) in [5, 5.41) is 46.9. The number of benzene rings is 2. The number of aromatic nitrogens is 10. The summed E-state index contributed by atoms with van der Waals surface area (Å²) < 4.78 is 86.3. The summed E-state index contributed by atoms with van der Waals surface area (Å²) in [5.41, 5.74) is 6.83. The van der Waals surface area contributed by atoms with Crippen LogP contribution in [0.5, 0.6) is 11.5 Å². The SMILES string of the molecule is COCCCC(=O)CCCCl.COCCN.COCCN1CCNC1=O.COCCN1CCNC1=O.N#COCCCl.[2H]C([2H])([2H])NC(=O)c1nnc(Cl)cc1Nc1cccc(-c2ncn(C)n2)c1OC.[2H]C([2H])([2H])NC(=O)c1nnc(N2CCN(CCOC)C2=O)cc1Nc1cccc(-c2ncn(C)n2)c1OC. The summed E-state index contributed by atoms with van der Waals surface area (Å²) in [7, 11) is 14.5. The van der Waals surface area contributed by atoms with Gasteiger partial charge in [0.15, 0.2) is 45.5 Å². The minimum Gasteiger partial charge on any atom is -0.494 e. The molecule has 3 fully saturated rings. The van der Waals surface area contributed by atoms with Gasteiger partial charge in [-0.2, -0.15) is 15.5 Å². The van der Waals surface area contributed by atoms with Crippen LogP contribution in [0.4, 0.5) is 43.0 Å². The van der Waals surface area contributed by atoms with Crippen LogP contribution in [-0.4, -0.2) is 281 Å². The van der Waals surface area contributed by atoms with Gasteiger partial charge in [-0.3, -0.25) is 28.6 Å². The van der Waals surface area contributed by atoms with E-state index in [1.165, 1.54) is 37.5 Å². The maximum atomic E-state index is 12.9. The van der Waals surface area contributed by atoms with Gasteiger partial charge < -0.3 is 90.2 Å². The highest BCUT2D eigenvalue weighted by Crippen LogP contribution is 2.39. The van der Waals surface area contributed by atoms with Crippen molar-refractivity contribution >= 4 is 99.1 Å². The third-order valence-electron chi connectivity index (χ3n) is 13.8. The standard InChI is InChI=1S/C22H27N9O4.C16H16ClN7O2.C8H15ClO2.2C6H12N2O2.C3H4ClNO.C3H9NO/c1-23-21(32)18-16(12-17(26-27-18)31-9-8-30(22(31)33)10-11-34-3)25-15-7-5-6-14(19(15)35-4)20-24-13-29(2)28-20;1-18-16(25)13-11(7-12(17)21-22-13)20-10-6-4-5-9(14(10)26-3)15-19-8-24(2)23-15;1-11-7-3-5-8(10)4-2-6-9;2*1-10-5-4-8-3-2-7-6(8)9;4-1-2-6-3-5;1-5-3-2-4/h5-7,12-13H,8-11H2,1-4H3,(H,23,32)(H,25,26);4-8H,1-3H3,(H,18,25)(H,20,21);2-7H2,1H3;2*2-5H2,1H3,(H,7,9);1-2H2;2-4H2,1H3/i2*1D3;;;;;. The maximum absolute atomic E-state index is 12.9. The zero-order valence-corrected chi connectivity index (χ0v) is 61.2. The molecule has 0 unspecified atom stereocenters. The number of carbonyl (C=O) groups is 6. The molecule has 0 atom stereocenters. The number of ether oxygens (including phenoxy) is 8. The Bertz CT molecular complexity index is 3780. The first-order valence-corrected chi connectivity index (χ1v) is 33.1. The quantitative estimate of drug-likeness (QED) is 0.0172. The summed E-state index contributed by atoms with van der Waals surface area (Å²) in [6.07, 6.45) is 7.47. The number of urea groups is 3. The lowest BCUT2D eigenvalue weighted by Gasteiger charge is -2.19. The van der Waals surface area contributed by atoms with Gasteiger partial charge in [0.1, 0.15) is 25.0 Å². The minimum atomic E-state index is -2.75. The lowest BCUT2D eigenvalue weighted by atomic mass is 10.1. The summed E-state index contributed by atoms with van der Waals surface area (Å²) in [6.45, 7) is 4.23. The number of alkyl halides is 2. The second-order valence-electron chi connectivity index (χ2n) is 21.0. The van der Waals surface area contributed by atoms with E-state index in [4.69, 9.17) is 82.4 Å². The van der Waals surface area contributed by atoms with Crippen LogP contribution in [-0.2, 0) is 47.3 Å². The zero-order valence-electron chi connectivity index (χ0n) is 65.0. The molecule has 7 heterocycles. The number of carbonyl (C=O) groups excluding carboxylic acids is 6. The third kappa shape index (κ3) is 30.5. The van der Waals surface area contributed by atoms with Gasteiger partial charge >= 0.3 is 18.1 Å². The largest absolute Gasteiger partial charge is 0.494 e. The van der Waals surface area contributed by atoms with Crippen LogP contribution in [0.25, 0.3) is 22.8 Å². The third-order valence-corrected chi connectivity index (χ3v) is 14.4. The lowest BCUT2D eigenvalue weighted by Crippen LogP contribution is -2.34. The van der Waals surface area contributed by atoms with E-state index in [1.807, 2.05) is 10.6 Å². The second kappa shape index (κ2) is 50.7. The predicted octanol–water partition coefficient (Wildman–Crippen LogP) is 4.94. The number of halogens is 3. The van der Waals surface area contributed by atoms with Crippen molar-refractivity contribution in [2.45, 2.75) is 25.7 Å². The molecule has 0 spiro atoms. The van der Waals surface area contributed by atoms with Gasteiger partial charge in [0.2, 0.25) is 0 Å². The fourth-order valence-electron chi connectivity index (χ4n) is 8.87. The van der Waals surface area contributed by atoms with E-state index >= 15 is 0 Å². The topological polar surface area (TPSA) is 424 Å². The molecule has 0 bridgehead atoms. The molecule has 0 radical (unpaired) electrons. The number of anilines is 5. The number of methoxy groups -OCH3 is 7. The number of nitrogens with two attached hydrogens (primary N) is 1. The number of ketones is 1. The molecule has 6 aromatic rings. The van der Waals surface area contributed by atoms with Crippen LogP contribution in [0.3, 0.4) is 0 Å². The van der Waals surface area contributed by atoms with Crippen molar-refractivity contribution in [3.8, 4) is 40.5 Å². The minimum absolute atomic E-state index is 0.0134. The predicted molar refractivity (Wildman–Crippen MR) is 388 cm³/mol. The highest BCUT2D eigenvalue weighted by atomic mass is 35.5. The summed E-state index contributed by atoms with van der Waals surface area (Å²) in [4.78, 5) is 85.7. The first kappa shape index (κ1) is 77.6. The normalized spacial score (nSPS) is 13.6.